The topological polar surface area (TPSA) is 27.1 Å². The Hall–Kier alpha value is 0.220. The molecule has 5 heteroatoms. The molecule has 1 aromatic heterocycles. The van der Waals surface area contributed by atoms with Crippen molar-refractivity contribution in [2.24, 2.45) is 0 Å². The molecule has 13 heavy (non-hydrogen) atoms. The van der Waals surface area contributed by atoms with Crippen molar-refractivity contribution in [3.63, 3.8) is 0 Å². The maximum Gasteiger partial charge on any atom is 0.185 e. The van der Waals surface area contributed by atoms with Crippen molar-refractivity contribution in [2.45, 2.75) is 26.3 Å². The molecule has 0 saturated carbocycles. The number of halogens is 2. The van der Waals surface area contributed by atoms with Gasteiger partial charge >= 0.3 is 0 Å². The highest BCUT2D eigenvalue weighted by molar-refractivity contribution is 14.1. The highest BCUT2D eigenvalue weighted by Crippen LogP contribution is 2.32. The lowest BCUT2D eigenvalue weighted by atomic mass is 10.1. The van der Waals surface area contributed by atoms with Crippen LogP contribution >= 0.6 is 38.5 Å². The minimum atomic E-state index is -0.0180. The minimum Gasteiger partial charge on any atom is -0.491 e. The van der Waals surface area contributed by atoms with Gasteiger partial charge in [-0.1, -0.05) is 0 Å². The lowest BCUT2D eigenvalue weighted by Gasteiger charge is -2.20. The van der Waals surface area contributed by atoms with Crippen LogP contribution in [0.4, 0.5) is 0 Å². The molecular weight excluding hydrogens is 347 g/mol. The lowest BCUT2D eigenvalue weighted by Crippen LogP contribution is -2.24. The SMILES string of the molecule is COc1c(Br)nn(C(C)(C)C)c1I. The predicted molar refractivity (Wildman–Crippen MR) is 64.2 cm³/mol. The van der Waals surface area contributed by atoms with Gasteiger partial charge in [0.05, 0.1) is 12.6 Å². The van der Waals surface area contributed by atoms with Crippen molar-refractivity contribution in [3.8, 4) is 5.75 Å². The van der Waals surface area contributed by atoms with E-state index in [-0.39, 0.29) is 5.54 Å². The van der Waals surface area contributed by atoms with E-state index < -0.39 is 0 Å². The van der Waals surface area contributed by atoms with Gasteiger partial charge in [-0.3, -0.25) is 0 Å². The van der Waals surface area contributed by atoms with Crippen LogP contribution in [0.1, 0.15) is 20.8 Å². The van der Waals surface area contributed by atoms with Gasteiger partial charge in [0, 0.05) is 0 Å². The van der Waals surface area contributed by atoms with Crippen LogP contribution < -0.4 is 4.74 Å². The van der Waals surface area contributed by atoms with E-state index in [1.807, 2.05) is 4.68 Å². The van der Waals surface area contributed by atoms with Crippen molar-refractivity contribution in [1.29, 1.82) is 0 Å². The average molecular weight is 359 g/mol. The van der Waals surface area contributed by atoms with E-state index in [1.165, 1.54) is 0 Å². The van der Waals surface area contributed by atoms with E-state index in [0.29, 0.717) is 0 Å². The van der Waals surface area contributed by atoms with Crippen LogP contribution in [0.5, 0.6) is 5.75 Å². The molecule has 0 amide bonds. The van der Waals surface area contributed by atoms with Crippen LogP contribution in [0.3, 0.4) is 0 Å². The number of rotatable bonds is 1. The first-order valence-corrected chi connectivity index (χ1v) is 5.73. The van der Waals surface area contributed by atoms with Gasteiger partial charge < -0.3 is 4.74 Å². The number of hydrogen-bond acceptors (Lipinski definition) is 2. The van der Waals surface area contributed by atoms with Gasteiger partial charge in [0.1, 0.15) is 3.70 Å². The van der Waals surface area contributed by atoms with E-state index in [2.05, 4.69) is 64.4 Å². The molecule has 0 aliphatic rings. The standard InChI is InChI=1S/C8H12BrIN2O/c1-8(2,3)12-7(10)5(13-4)6(9)11-12/h1-4H3. The first kappa shape index (κ1) is 11.3. The van der Waals surface area contributed by atoms with Gasteiger partial charge in [-0.2, -0.15) is 5.10 Å². The van der Waals surface area contributed by atoms with Crippen LogP contribution in [-0.4, -0.2) is 16.9 Å². The molecule has 0 radical (unpaired) electrons. The molecule has 1 rings (SSSR count). The molecule has 0 aliphatic carbocycles. The zero-order chi connectivity index (χ0) is 10.2. The third kappa shape index (κ3) is 2.18. The van der Waals surface area contributed by atoms with Gasteiger partial charge in [0.25, 0.3) is 0 Å². The smallest absolute Gasteiger partial charge is 0.185 e. The number of ether oxygens (including phenoxy) is 1. The first-order valence-electron chi connectivity index (χ1n) is 3.86. The summed E-state index contributed by atoms with van der Waals surface area (Å²) in [6, 6.07) is 0. The fourth-order valence-electron chi connectivity index (χ4n) is 0.971. The van der Waals surface area contributed by atoms with Crippen molar-refractivity contribution in [2.75, 3.05) is 7.11 Å². The molecule has 74 valence electrons. The van der Waals surface area contributed by atoms with E-state index in [9.17, 15) is 0 Å². The van der Waals surface area contributed by atoms with Gasteiger partial charge in [-0.25, -0.2) is 4.68 Å². The van der Waals surface area contributed by atoms with E-state index in [1.54, 1.807) is 7.11 Å². The summed E-state index contributed by atoms with van der Waals surface area (Å²) in [6.45, 7) is 6.32. The molecule has 1 aromatic rings. The fourth-order valence-corrected chi connectivity index (χ4v) is 3.16. The number of hydrogen-bond donors (Lipinski definition) is 0. The Bertz CT molecular complexity index is 317. The Labute approximate surface area is 100 Å². The Morgan fingerprint density at radius 1 is 1.46 bits per heavy atom. The van der Waals surface area contributed by atoms with Gasteiger partial charge in [0.2, 0.25) is 0 Å². The summed E-state index contributed by atoms with van der Waals surface area (Å²) in [5.41, 5.74) is -0.0180. The average Bonchev–Trinajstić information content (AvgIpc) is 2.25. The van der Waals surface area contributed by atoms with Crippen LogP contribution in [0.2, 0.25) is 0 Å². The maximum absolute atomic E-state index is 5.21. The molecule has 0 N–H and O–H groups in total. The molecule has 0 spiro atoms. The number of aromatic nitrogens is 2. The number of methoxy groups -OCH3 is 1. The summed E-state index contributed by atoms with van der Waals surface area (Å²) in [4.78, 5) is 0. The quantitative estimate of drug-likeness (QED) is 0.721. The van der Waals surface area contributed by atoms with E-state index >= 15 is 0 Å². The summed E-state index contributed by atoms with van der Waals surface area (Å²) in [6.07, 6.45) is 0. The largest absolute Gasteiger partial charge is 0.491 e. The molecule has 0 aliphatic heterocycles. The molecule has 0 fully saturated rings. The Morgan fingerprint density at radius 2 is 2.00 bits per heavy atom. The zero-order valence-electron chi connectivity index (χ0n) is 8.06. The lowest BCUT2D eigenvalue weighted by molar-refractivity contribution is 0.341. The van der Waals surface area contributed by atoms with E-state index in [4.69, 9.17) is 4.74 Å². The Balaban J connectivity index is 3.26. The summed E-state index contributed by atoms with van der Waals surface area (Å²) < 4.78 is 8.93. The fraction of sp³-hybridized carbons (Fsp3) is 0.625. The second kappa shape index (κ2) is 3.76. The van der Waals surface area contributed by atoms with Crippen LogP contribution in [-0.2, 0) is 5.54 Å². The maximum atomic E-state index is 5.21. The van der Waals surface area contributed by atoms with Crippen LogP contribution in [0.25, 0.3) is 0 Å². The van der Waals surface area contributed by atoms with Gasteiger partial charge in [-0.15, -0.1) is 0 Å². The third-order valence-electron chi connectivity index (χ3n) is 1.59. The third-order valence-corrected chi connectivity index (χ3v) is 3.05. The second-order valence-electron chi connectivity index (χ2n) is 3.70. The number of nitrogens with zero attached hydrogens (tertiary/aromatic N) is 2. The summed E-state index contributed by atoms with van der Waals surface area (Å²) in [7, 11) is 1.65. The van der Waals surface area contributed by atoms with Gasteiger partial charge in [0.15, 0.2) is 10.4 Å². The van der Waals surface area contributed by atoms with Crippen molar-refractivity contribution in [1.82, 2.24) is 9.78 Å². The van der Waals surface area contributed by atoms with Crippen molar-refractivity contribution < 1.29 is 4.74 Å². The summed E-state index contributed by atoms with van der Waals surface area (Å²) in [5, 5.41) is 4.35. The second-order valence-corrected chi connectivity index (χ2v) is 5.47. The van der Waals surface area contributed by atoms with Crippen molar-refractivity contribution in [3.05, 3.63) is 8.30 Å². The molecule has 0 saturated heterocycles. The van der Waals surface area contributed by atoms with Crippen molar-refractivity contribution >= 4 is 38.5 Å². The van der Waals surface area contributed by atoms with Crippen LogP contribution in [0, 0.1) is 3.70 Å². The zero-order valence-corrected chi connectivity index (χ0v) is 11.8. The minimum absolute atomic E-state index is 0.0180. The summed E-state index contributed by atoms with van der Waals surface area (Å²) >= 11 is 5.59. The molecule has 0 aromatic carbocycles. The monoisotopic (exact) mass is 358 g/mol. The highest BCUT2D eigenvalue weighted by Gasteiger charge is 2.22. The molecule has 3 nitrogen and oxygen atoms in total. The molecule has 1 heterocycles. The molecule has 0 bridgehead atoms. The summed E-state index contributed by atoms with van der Waals surface area (Å²) in [5.74, 6) is 0.801. The molecule has 0 unspecified atom stereocenters. The first-order chi connectivity index (χ1) is 5.88. The van der Waals surface area contributed by atoms with Crippen LogP contribution in [0.15, 0.2) is 4.60 Å². The molecular formula is C8H12BrIN2O. The molecule has 0 atom stereocenters. The van der Waals surface area contributed by atoms with Gasteiger partial charge in [-0.05, 0) is 59.3 Å². The Kier molecular flexibility index (Phi) is 3.27. The predicted octanol–water partition coefficient (Wildman–Crippen LogP) is 3.01. The Morgan fingerprint density at radius 3 is 2.23 bits per heavy atom. The normalized spacial score (nSPS) is 11.8. The highest BCUT2D eigenvalue weighted by atomic mass is 127. The van der Waals surface area contributed by atoms with E-state index in [0.717, 1.165) is 14.1 Å².